The van der Waals surface area contributed by atoms with E-state index in [9.17, 15) is 13.2 Å². The molecular weight excluding hydrogens is 255 g/mol. The van der Waals surface area contributed by atoms with Crippen LogP contribution in [0.5, 0.6) is 5.75 Å². The maximum atomic E-state index is 11.8. The van der Waals surface area contributed by atoms with Crippen molar-refractivity contribution in [2.24, 2.45) is 0 Å². The first-order valence-electron chi connectivity index (χ1n) is 4.22. The van der Waals surface area contributed by atoms with Crippen LogP contribution in [0.1, 0.15) is 0 Å². The highest BCUT2D eigenvalue weighted by Gasteiger charge is 2.30. The lowest BCUT2D eigenvalue weighted by Crippen LogP contribution is -2.23. The number of nitriles is 1. The second-order valence-electron chi connectivity index (χ2n) is 2.76. The third kappa shape index (κ3) is 5.03. The van der Waals surface area contributed by atoms with Crippen LogP contribution in [0.3, 0.4) is 0 Å². The van der Waals surface area contributed by atoms with Crippen molar-refractivity contribution < 1.29 is 17.9 Å². The molecule has 0 amide bonds. The fraction of sp³-hybridized carbons (Fsp3) is 0.111. The van der Waals surface area contributed by atoms with Gasteiger partial charge >= 0.3 is 6.36 Å². The van der Waals surface area contributed by atoms with E-state index in [0.717, 1.165) is 12.1 Å². The van der Waals surface area contributed by atoms with Crippen molar-refractivity contribution in [3.63, 3.8) is 0 Å². The van der Waals surface area contributed by atoms with Gasteiger partial charge in [0, 0.05) is 5.69 Å². The molecular formula is C9H6F3N3OS. The maximum Gasteiger partial charge on any atom is 0.573 e. The van der Waals surface area contributed by atoms with Crippen LogP contribution >= 0.6 is 12.2 Å². The van der Waals surface area contributed by atoms with Crippen LogP contribution in [0.15, 0.2) is 24.3 Å². The van der Waals surface area contributed by atoms with Gasteiger partial charge in [-0.05, 0) is 36.5 Å². The van der Waals surface area contributed by atoms with E-state index in [1.165, 1.54) is 12.1 Å². The number of benzene rings is 1. The summed E-state index contributed by atoms with van der Waals surface area (Å²) in [5.74, 6) is -0.331. The highest BCUT2D eigenvalue weighted by atomic mass is 32.1. The number of halogens is 3. The molecule has 4 nitrogen and oxygen atoms in total. The summed E-state index contributed by atoms with van der Waals surface area (Å²) in [6.07, 6.45) is -3.11. The molecule has 1 aromatic carbocycles. The molecule has 0 radical (unpaired) electrons. The fourth-order valence-corrected chi connectivity index (χ4v) is 1.12. The Hall–Kier alpha value is -2.01. The van der Waals surface area contributed by atoms with E-state index in [1.54, 1.807) is 6.19 Å². The van der Waals surface area contributed by atoms with E-state index in [2.05, 4.69) is 15.4 Å². The molecule has 0 fully saturated rings. The van der Waals surface area contributed by atoms with Crippen molar-refractivity contribution in [1.29, 1.82) is 5.26 Å². The zero-order valence-electron chi connectivity index (χ0n) is 8.21. The molecule has 0 aromatic heterocycles. The molecule has 8 heteroatoms. The largest absolute Gasteiger partial charge is 0.573 e. The predicted molar refractivity (Wildman–Crippen MR) is 58.1 cm³/mol. The Bertz CT molecular complexity index is 438. The molecule has 0 heterocycles. The predicted octanol–water partition coefficient (Wildman–Crippen LogP) is 2.35. The minimum atomic E-state index is -4.72. The summed E-state index contributed by atoms with van der Waals surface area (Å²) >= 11 is 4.70. The minimum absolute atomic E-state index is 0.0528. The van der Waals surface area contributed by atoms with Gasteiger partial charge in [0.1, 0.15) is 5.75 Å². The standard InChI is InChI=1S/C9H6F3N3OS/c10-9(11,12)16-7-3-1-6(2-4-7)15-8(17)14-5-13/h1-4H,(H2,14,15,17). The Morgan fingerprint density at radius 3 is 2.35 bits per heavy atom. The number of nitrogens with zero attached hydrogens (tertiary/aromatic N) is 1. The Morgan fingerprint density at radius 1 is 1.29 bits per heavy atom. The first-order valence-corrected chi connectivity index (χ1v) is 4.63. The summed E-state index contributed by atoms with van der Waals surface area (Å²) < 4.78 is 39.2. The van der Waals surface area contributed by atoms with Gasteiger partial charge in [0.25, 0.3) is 0 Å². The topological polar surface area (TPSA) is 57.1 Å². The van der Waals surface area contributed by atoms with Crippen molar-refractivity contribution in [3.05, 3.63) is 24.3 Å². The van der Waals surface area contributed by atoms with Gasteiger partial charge in [-0.3, -0.25) is 5.32 Å². The number of hydrogen-bond donors (Lipinski definition) is 2. The lowest BCUT2D eigenvalue weighted by atomic mass is 10.3. The van der Waals surface area contributed by atoms with Crippen LogP contribution in [-0.2, 0) is 0 Å². The van der Waals surface area contributed by atoms with E-state index < -0.39 is 6.36 Å². The van der Waals surface area contributed by atoms with E-state index in [1.807, 2.05) is 0 Å². The second kappa shape index (κ2) is 5.36. The number of alkyl halides is 3. The lowest BCUT2D eigenvalue weighted by molar-refractivity contribution is -0.274. The Kier molecular flexibility index (Phi) is 4.12. The molecule has 2 N–H and O–H groups in total. The third-order valence-electron chi connectivity index (χ3n) is 1.52. The van der Waals surface area contributed by atoms with Crippen LogP contribution in [0.25, 0.3) is 0 Å². The number of thiocarbonyl (C=S) groups is 1. The molecule has 0 spiro atoms. The average molecular weight is 261 g/mol. The zero-order chi connectivity index (χ0) is 12.9. The fourth-order valence-electron chi connectivity index (χ4n) is 0.953. The van der Waals surface area contributed by atoms with E-state index in [-0.39, 0.29) is 10.9 Å². The van der Waals surface area contributed by atoms with Gasteiger partial charge in [-0.1, -0.05) is 0 Å². The third-order valence-corrected chi connectivity index (χ3v) is 1.72. The van der Waals surface area contributed by atoms with Crippen molar-refractivity contribution in [1.82, 2.24) is 5.32 Å². The van der Waals surface area contributed by atoms with Gasteiger partial charge in [0.2, 0.25) is 0 Å². The molecule has 0 aliphatic heterocycles. The van der Waals surface area contributed by atoms with Gasteiger partial charge in [-0.15, -0.1) is 13.2 Å². The number of anilines is 1. The number of hydrogen-bond acceptors (Lipinski definition) is 3. The molecule has 0 saturated carbocycles. The zero-order valence-corrected chi connectivity index (χ0v) is 9.02. The molecule has 0 saturated heterocycles. The number of nitrogens with one attached hydrogen (secondary N) is 2. The molecule has 0 aliphatic rings. The van der Waals surface area contributed by atoms with Gasteiger partial charge in [-0.25, -0.2) is 0 Å². The summed E-state index contributed by atoms with van der Waals surface area (Å²) in [4.78, 5) is 0. The normalized spacial score (nSPS) is 10.2. The summed E-state index contributed by atoms with van der Waals surface area (Å²) in [6.45, 7) is 0. The quantitative estimate of drug-likeness (QED) is 0.486. The van der Waals surface area contributed by atoms with Crippen molar-refractivity contribution in [2.45, 2.75) is 6.36 Å². The number of rotatable bonds is 2. The van der Waals surface area contributed by atoms with Crippen LogP contribution in [0, 0.1) is 11.5 Å². The molecule has 0 bridgehead atoms. The molecule has 90 valence electrons. The monoisotopic (exact) mass is 261 g/mol. The molecule has 0 unspecified atom stereocenters. The van der Waals surface area contributed by atoms with E-state index >= 15 is 0 Å². The summed E-state index contributed by atoms with van der Waals surface area (Å²) in [6, 6.07) is 4.94. The van der Waals surface area contributed by atoms with E-state index in [4.69, 9.17) is 17.5 Å². The SMILES string of the molecule is N#CNC(=S)Nc1ccc(OC(F)(F)F)cc1. The van der Waals surface area contributed by atoms with Crippen LogP contribution in [0.2, 0.25) is 0 Å². The summed E-state index contributed by atoms with van der Waals surface area (Å²) in [5, 5.41) is 13.1. The molecule has 1 aromatic rings. The molecule has 0 atom stereocenters. The van der Waals surface area contributed by atoms with Gasteiger partial charge in [0.05, 0.1) is 0 Å². The molecule has 17 heavy (non-hydrogen) atoms. The lowest BCUT2D eigenvalue weighted by Gasteiger charge is -2.10. The van der Waals surface area contributed by atoms with E-state index in [0.29, 0.717) is 5.69 Å². The van der Waals surface area contributed by atoms with Gasteiger partial charge in [-0.2, -0.15) is 5.26 Å². The maximum absolute atomic E-state index is 11.8. The van der Waals surface area contributed by atoms with Crippen molar-refractivity contribution >= 4 is 23.0 Å². The van der Waals surface area contributed by atoms with Gasteiger partial charge < -0.3 is 10.1 Å². The summed E-state index contributed by atoms with van der Waals surface area (Å²) in [5.41, 5.74) is 0.437. The first kappa shape index (κ1) is 13.1. The Morgan fingerprint density at radius 2 is 1.88 bits per heavy atom. The first-order chi connectivity index (χ1) is 7.90. The Balaban J connectivity index is 2.63. The smallest absolute Gasteiger partial charge is 0.406 e. The number of ether oxygens (including phenoxy) is 1. The molecule has 1 rings (SSSR count). The molecule has 0 aliphatic carbocycles. The second-order valence-corrected chi connectivity index (χ2v) is 3.17. The van der Waals surface area contributed by atoms with Crippen LogP contribution in [-0.4, -0.2) is 11.5 Å². The van der Waals surface area contributed by atoms with Crippen molar-refractivity contribution in [3.8, 4) is 11.9 Å². The van der Waals surface area contributed by atoms with Gasteiger partial charge in [0.15, 0.2) is 11.3 Å². The average Bonchev–Trinajstić information content (AvgIpc) is 2.19. The van der Waals surface area contributed by atoms with Crippen molar-refractivity contribution in [2.75, 3.05) is 5.32 Å². The summed E-state index contributed by atoms with van der Waals surface area (Å²) in [7, 11) is 0. The van der Waals surface area contributed by atoms with Crippen LogP contribution in [0.4, 0.5) is 18.9 Å². The highest BCUT2D eigenvalue weighted by Crippen LogP contribution is 2.23. The van der Waals surface area contributed by atoms with Crippen LogP contribution < -0.4 is 15.4 Å². The Labute approximate surface area is 100.0 Å². The minimum Gasteiger partial charge on any atom is -0.406 e. The highest BCUT2D eigenvalue weighted by molar-refractivity contribution is 7.80.